The summed E-state index contributed by atoms with van der Waals surface area (Å²) in [6.07, 6.45) is 5.96. The minimum absolute atomic E-state index is 0.490. The molecule has 0 aromatic heterocycles. The summed E-state index contributed by atoms with van der Waals surface area (Å²) >= 11 is 0. The number of hydrogen-bond donors (Lipinski definition) is 1. The summed E-state index contributed by atoms with van der Waals surface area (Å²) in [5.41, 5.74) is 0.724. The third-order valence-corrected chi connectivity index (χ3v) is 4.08. The second-order valence-electron chi connectivity index (χ2n) is 5.86. The van der Waals surface area contributed by atoms with E-state index in [2.05, 4.69) is 12.2 Å². The number of halogens is 2. The van der Waals surface area contributed by atoms with E-state index in [0.29, 0.717) is 6.42 Å². The Morgan fingerprint density at radius 2 is 1.68 bits per heavy atom. The van der Waals surface area contributed by atoms with Gasteiger partial charge in [-0.05, 0) is 61.9 Å². The molecular formula is C16H23F2N. The molecular weight excluding hydrogens is 244 g/mol. The smallest absolute Gasteiger partial charge is 0.126 e. The average molecular weight is 267 g/mol. The van der Waals surface area contributed by atoms with Gasteiger partial charge in [0.15, 0.2) is 0 Å². The lowest BCUT2D eigenvalue weighted by atomic mass is 9.83. The van der Waals surface area contributed by atoms with Crippen molar-refractivity contribution in [2.75, 3.05) is 13.1 Å². The summed E-state index contributed by atoms with van der Waals surface area (Å²) in [4.78, 5) is 0. The highest BCUT2D eigenvalue weighted by atomic mass is 19.1. The van der Waals surface area contributed by atoms with Gasteiger partial charge < -0.3 is 5.32 Å². The van der Waals surface area contributed by atoms with Crippen LogP contribution < -0.4 is 5.32 Å². The molecule has 1 aliphatic carbocycles. The second kappa shape index (κ2) is 6.99. The van der Waals surface area contributed by atoms with Crippen LogP contribution in [0.25, 0.3) is 0 Å². The molecule has 2 rings (SSSR count). The Hall–Kier alpha value is -0.960. The average Bonchev–Trinajstić information content (AvgIpc) is 2.36. The van der Waals surface area contributed by atoms with Crippen molar-refractivity contribution < 1.29 is 8.78 Å². The van der Waals surface area contributed by atoms with Gasteiger partial charge >= 0.3 is 0 Å². The molecule has 1 aliphatic rings. The molecule has 0 amide bonds. The molecule has 1 saturated carbocycles. The fraction of sp³-hybridized carbons (Fsp3) is 0.625. The van der Waals surface area contributed by atoms with E-state index in [4.69, 9.17) is 0 Å². The molecule has 19 heavy (non-hydrogen) atoms. The number of benzene rings is 1. The van der Waals surface area contributed by atoms with Crippen molar-refractivity contribution in [2.24, 2.45) is 11.8 Å². The fourth-order valence-corrected chi connectivity index (χ4v) is 2.83. The van der Waals surface area contributed by atoms with Crippen molar-refractivity contribution in [1.29, 1.82) is 0 Å². The molecule has 0 unspecified atom stereocenters. The van der Waals surface area contributed by atoms with E-state index in [1.165, 1.54) is 37.8 Å². The van der Waals surface area contributed by atoms with Crippen molar-refractivity contribution in [3.8, 4) is 0 Å². The SMILES string of the molecule is CC1CCC(CNCCc2cc(F)cc(F)c2)CC1. The molecule has 1 N–H and O–H groups in total. The summed E-state index contributed by atoms with van der Waals surface area (Å²) in [6.45, 7) is 4.14. The van der Waals surface area contributed by atoms with Crippen LogP contribution in [0.4, 0.5) is 8.78 Å². The molecule has 0 spiro atoms. The number of rotatable bonds is 5. The first kappa shape index (κ1) is 14.4. The lowest BCUT2D eigenvalue weighted by molar-refractivity contribution is 0.282. The zero-order valence-corrected chi connectivity index (χ0v) is 11.6. The van der Waals surface area contributed by atoms with E-state index < -0.39 is 11.6 Å². The molecule has 3 heteroatoms. The largest absolute Gasteiger partial charge is 0.316 e. The predicted octanol–water partition coefficient (Wildman–Crippen LogP) is 3.92. The Morgan fingerprint density at radius 3 is 2.32 bits per heavy atom. The Labute approximate surface area is 114 Å². The van der Waals surface area contributed by atoms with E-state index in [0.717, 1.165) is 36.6 Å². The summed E-state index contributed by atoms with van der Waals surface area (Å²) in [5.74, 6) is 0.680. The van der Waals surface area contributed by atoms with Crippen LogP contribution in [0, 0.1) is 23.5 Å². The monoisotopic (exact) mass is 267 g/mol. The molecule has 0 radical (unpaired) electrons. The van der Waals surface area contributed by atoms with Crippen LogP contribution in [0.15, 0.2) is 18.2 Å². The van der Waals surface area contributed by atoms with Crippen LogP contribution in [0.1, 0.15) is 38.2 Å². The van der Waals surface area contributed by atoms with Gasteiger partial charge in [0.25, 0.3) is 0 Å². The molecule has 1 fully saturated rings. The molecule has 0 aliphatic heterocycles. The quantitative estimate of drug-likeness (QED) is 0.797. The topological polar surface area (TPSA) is 12.0 Å². The molecule has 1 nitrogen and oxygen atoms in total. The summed E-state index contributed by atoms with van der Waals surface area (Å²) in [6, 6.07) is 3.74. The third kappa shape index (κ3) is 4.90. The lowest BCUT2D eigenvalue weighted by Crippen LogP contribution is -2.27. The van der Waals surface area contributed by atoms with Gasteiger partial charge in [-0.1, -0.05) is 19.8 Å². The van der Waals surface area contributed by atoms with Gasteiger partial charge in [-0.2, -0.15) is 0 Å². The lowest BCUT2D eigenvalue weighted by Gasteiger charge is -2.26. The zero-order chi connectivity index (χ0) is 13.7. The van der Waals surface area contributed by atoms with Crippen LogP contribution >= 0.6 is 0 Å². The Morgan fingerprint density at radius 1 is 1.05 bits per heavy atom. The summed E-state index contributed by atoms with van der Waals surface area (Å²) in [5, 5.41) is 3.41. The Balaban J connectivity index is 1.66. The van der Waals surface area contributed by atoms with Crippen LogP contribution in [-0.2, 0) is 6.42 Å². The number of nitrogens with one attached hydrogen (secondary N) is 1. The highest BCUT2D eigenvalue weighted by Crippen LogP contribution is 2.27. The first-order valence-corrected chi connectivity index (χ1v) is 7.29. The van der Waals surface area contributed by atoms with E-state index in [9.17, 15) is 8.78 Å². The van der Waals surface area contributed by atoms with E-state index in [1.54, 1.807) is 0 Å². The summed E-state index contributed by atoms with van der Waals surface area (Å²) < 4.78 is 26.0. The maximum absolute atomic E-state index is 13.0. The minimum Gasteiger partial charge on any atom is -0.316 e. The van der Waals surface area contributed by atoms with E-state index in [-0.39, 0.29) is 0 Å². The van der Waals surface area contributed by atoms with Crippen molar-refractivity contribution in [1.82, 2.24) is 5.32 Å². The van der Waals surface area contributed by atoms with Crippen LogP contribution in [0.5, 0.6) is 0 Å². The van der Waals surface area contributed by atoms with Gasteiger partial charge in [-0.3, -0.25) is 0 Å². The predicted molar refractivity (Wildman–Crippen MR) is 74.1 cm³/mol. The normalized spacial score (nSPS) is 23.5. The molecule has 0 saturated heterocycles. The maximum Gasteiger partial charge on any atom is 0.126 e. The van der Waals surface area contributed by atoms with Gasteiger partial charge in [0.2, 0.25) is 0 Å². The molecule has 106 valence electrons. The third-order valence-electron chi connectivity index (χ3n) is 4.08. The molecule has 0 atom stereocenters. The van der Waals surface area contributed by atoms with E-state index >= 15 is 0 Å². The zero-order valence-electron chi connectivity index (χ0n) is 11.6. The standard InChI is InChI=1S/C16H23F2N/c1-12-2-4-13(5-3-12)11-19-7-6-14-8-15(17)10-16(18)9-14/h8-10,12-13,19H,2-7,11H2,1H3. The highest BCUT2D eigenvalue weighted by molar-refractivity contribution is 5.18. The van der Waals surface area contributed by atoms with Gasteiger partial charge in [-0.15, -0.1) is 0 Å². The van der Waals surface area contributed by atoms with Crippen LogP contribution in [0.3, 0.4) is 0 Å². The Kier molecular flexibility index (Phi) is 5.32. The van der Waals surface area contributed by atoms with Gasteiger partial charge in [-0.25, -0.2) is 8.78 Å². The minimum atomic E-state index is -0.490. The van der Waals surface area contributed by atoms with Crippen LogP contribution in [0.2, 0.25) is 0 Å². The van der Waals surface area contributed by atoms with Crippen molar-refractivity contribution in [2.45, 2.75) is 39.0 Å². The first-order chi connectivity index (χ1) is 9.13. The van der Waals surface area contributed by atoms with E-state index in [1.807, 2.05) is 0 Å². The first-order valence-electron chi connectivity index (χ1n) is 7.29. The summed E-state index contributed by atoms with van der Waals surface area (Å²) in [7, 11) is 0. The second-order valence-corrected chi connectivity index (χ2v) is 5.86. The van der Waals surface area contributed by atoms with Crippen molar-refractivity contribution in [3.63, 3.8) is 0 Å². The molecule has 0 heterocycles. The number of hydrogen-bond acceptors (Lipinski definition) is 1. The molecule has 1 aromatic carbocycles. The van der Waals surface area contributed by atoms with Gasteiger partial charge in [0, 0.05) is 6.07 Å². The molecule has 1 aromatic rings. The Bertz CT molecular complexity index is 377. The van der Waals surface area contributed by atoms with Crippen molar-refractivity contribution >= 4 is 0 Å². The molecule has 0 bridgehead atoms. The maximum atomic E-state index is 13.0. The fourth-order valence-electron chi connectivity index (χ4n) is 2.83. The van der Waals surface area contributed by atoms with Crippen LogP contribution in [-0.4, -0.2) is 13.1 Å². The van der Waals surface area contributed by atoms with Crippen molar-refractivity contribution in [3.05, 3.63) is 35.4 Å². The van der Waals surface area contributed by atoms with Gasteiger partial charge in [0.1, 0.15) is 11.6 Å². The van der Waals surface area contributed by atoms with Gasteiger partial charge in [0.05, 0.1) is 0 Å². The highest BCUT2D eigenvalue weighted by Gasteiger charge is 2.17.